The van der Waals surface area contributed by atoms with E-state index in [2.05, 4.69) is 92.6 Å². The Morgan fingerprint density at radius 3 is 1.77 bits per heavy atom. The van der Waals surface area contributed by atoms with Gasteiger partial charge in [-0.1, -0.05) is 51.5 Å². The van der Waals surface area contributed by atoms with E-state index in [0.717, 1.165) is 40.3 Å². The molecule has 0 radical (unpaired) electrons. The molecule has 0 unspecified atom stereocenters. The third-order valence-electron chi connectivity index (χ3n) is 4.77. The zero-order valence-corrected chi connectivity index (χ0v) is 25.0. The summed E-state index contributed by atoms with van der Waals surface area (Å²) in [6.45, 7) is 3.18. The van der Waals surface area contributed by atoms with Crippen LogP contribution in [0.1, 0.15) is 57.4 Å². The summed E-state index contributed by atoms with van der Waals surface area (Å²) in [6, 6.07) is 8.06. The van der Waals surface area contributed by atoms with Crippen LogP contribution in [-0.4, -0.2) is 13.2 Å². The van der Waals surface area contributed by atoms with Gasteiger partial charge in [0, 0.05) is 13.4 Å². The van der Waals surface area contributed by atoms with Crippen LogP contribution < -0.4 is 9.47 Å². The predicted molar refractivity (Wildman–Crippen MR) is 144 cm³/mol. The highest BCUT2D eigenvalue weighted by Crippen LogP contribution is 2.38. The van der Waals surface area contributed by atoms with Gasteiger partial charge in [-0.05, 0) is 116 Å². The summed E-state index contributed by atoms with van der Waals surface area (Å²) in [5, 5.41) is 0. The Morgan fingerprint density at radius 2 is 1.13 bits per heavy atom. The molecule has 0 amide bonds. The monoisotopic (exact) mass is 730 g/mol. The van der Waals surface area contributed by atoms with E-state index in [9.17, 15) is 0 Å². The van der Waals surface area contributed by atoms with Gasteiger partial charge in [0.15, 0.2) is 0 Å². The smallest absolute Gasteiger partial charge is 0.134 e. The van der Waals surface area contributed by atoms with Crippen molar-refractivity contribution >= 4 is 79.6 Å². The molecule has 0 heterocycles. The molecule has 0 spiro atoms. The summed E-state index contributed by atoms with van der Waals surface area (Å²) in [7, 11) is 0. The maximum absolute atomic E-state index is 5.93. The Bertz CT molecular complexity index is 811. The fourth-order valence-electron chi connectivity index (χ4n) is 3.07. The van der Waals surface area contributed by atoms with Crippen molar-refractivity contribution in [3.05, 3.63) is 52.2 Å². The molecule has 0 saturated carbocycles. The number of rotatable bonds is 13. The Morgan fingerprint density at radius 1 is 0.600 bits per heavy atom. The molecule has 0 atom stereocenters. The lowest BCUT2D eigenvalue weighted by molar-refractivity contribution is 0.215. The van der Waals surface area contributed by atoms with Gasteiger partial charge >= 0.3 is 0 Å². The van der Waals surface area contributed by atoms with Crippen molar-refractivity contribution < 1.29 is 9.47 Å². The highest BCUT2D eigenvalue weighted by atomic mass is 79.9. The third kappa shape index (κ3) is 8.42. The lowest BCUT2D eigenvalue weighted by atomic mass is 10.0. The van der Waals surface area contributed by atoms with E-state index in [4.69, 9.17) is 9.47 Å². The Kier molecular flexibility index (Phi) is 13.0. The molecule has 7 heteroatoms. The van der Waals surface area contributed by atoms with Crippen LogP contribution in [-0.2, 0) is 6.42 Å². The molecular formula is C23H27Br5O2. The van der Waals surface area contributed by atoms with Crippen molar-refractivity contribution in [2.75, 3.05) is 13.2 Å². The van der Waals surface area contributed by atoms with Gasteiger partial charge in [-0.3, -0.25) is 0 Å². The van der Waals surface area contributed by atoms with Gasteiger partial charge < -0.3 is 9.47 Å². The normalized spacial score (nSPS) is 11.0. The lowest BCUT2D eigenvalue weighted by Crippen LogP contribution is -2.10. The number of hydrogen-bond acceptors (Lipinski definition) is 2. The van der Waals surface area contributed by atoms with Crippen molar-refractivity contribution in [2.45, 2.75) is 58.3 Å². The summed E-state index contributed by atoms with van der Waals surface area (Å²) in [5.41, 5.74) is 1.32. The van der Waals surface area contributed by atoms with Crippen LogP contribution >= 0.6 is 79.6 Å². The lowest BCUT2D eigenvalue weighted by Gasteiger charge is -2.14. The fraction of sp³-hybridized carbons (Fsp3) is 0.478. The first kappa shape index (κ1) is 26.7. The highest BCUT2D eigenvalue weighted by molar-refractivity contribution is 9.14. The molecule has 2 aromatic rings. The topological polar surface area (TPSA) is 18.5 Å². The molecule has 166 valence electrons. The van der Waals surface area contributed by atoms with Crippen LogP contribution in [0.3, 0.4) is 0 Å². The first-order chi connectivity index (χ1) is 14.5. The molecule has 2 rings (SSSR count). The summed E-state index contributed by atoms with van der Waals surface area (Å²) in [5.74, 6) is 1.60. The molecule has 0 aromatic heterocycles. The second-order valence-electron chi connectivity index (χ2n) is 7.09. The number of unbranched alkanes of at least 4 members (excludes halogenated alkanes) is 6. The SMILES string of the molecule is CCCCCCCCCc1ccc(OCCOc2ccc(Br)c(Br)c2Br)c(Br)c1Br. The van der Waals surface area contributed by atoms with Crippen molar-refractivity contribution in [2.24, 2.45) is 0 Å². The van der Waals surface area contributed by atoms with E-state index in [1.54, 1.807) is 0 Å². The van der Waals surface area contributed by atoms with Crippen LogP contribution in [0.2, 0.25) is 0 Å². The van der Waals surface area contributed by atoms with E-state index in [1.807, 2.05) is 18.2 Å². The second-order valence-corrected chi connectivity index (χ2v) is 11.1. The average Bonchev–Trinajstić information content (AvgIpc) is 2.74. The maximum Gasteiger partial charge on any atom is 0.134 e. The minimum absolute atomic E-state index is 0.455. The van der Waals surface area contributed by atoms with Gasteiger partial charge in [-0.2, -0.15) is 0 Å². The Labute approximate surface area is 222 Å². The largest absolute Gasteiger partial charge is 0.489 e. The molecule has 2 nitrogen and oxygen atoms in total. The van der Waals surface area contributed by atoms with E-state index in [1.165, 1.54) is 50.5 Å². The van der Waals surface area contributed by atoms with Gasteiger partial charge in [-0.25, -0.2) is 0 Å². The van der Waals surface area contributed by atoms with Crippen LogP contribution in [0.25, 0.3) is 0 Å². The zero-order chi connectivity index (χ0) is 21.9. The van der Waals surface area contributed by atoms with E-state index in [0.29, 0.717) is 13.2 Å². The van der Waals surface area contributed by atoms with Crippen molar-refractivity contribution in [1.82, 2.24) is 0 Å². The van der Waals surface area contributed by atoms with Crippen LogP contribution in [0.15, 0.2) is 46.6 Å². The number of benzene rings is 2. The van der Waals surface area contributed by atoms with Crippen LogP contribution in [0.4, 0.5) is 0 Å². The number of ether oxygens (including phenoxy) is 2. The molecule has 0 saturated heterocycles. The number of aryl methyl sites for hydroxylation is 1. The molecule has 0 aliphatic carbocycles. The van der Waals surface area contributed by atoms with Crippen molar-refractivity contribution in [3.8, 4) is 11.5 Å². The molecule has 2 aromatic carbocycles. The molecule has 30 heavy (non-hydrogen) atoms. The minimum atomic E-state index is 0.455. The second kappa shape index (κ2) is 14.6. The minimum Gasteiger partial charge on any atom is -0.489 e. The summed E-state index contributed by atoms with van der Waals surface area (Å²) in [4.78, 5) is 0. The van der Waals surface area contributed by atoms with Gasteiger partial charge in [0.05, 0.1) is 8.95 Å². The standard InChI is InChI=1S/C23H27Br5O2/c1-2-3-4-5-6-7-8-9-16-10-12-18(22(27)20(16)25)29-14-15-30-19-13-11-17(24)21(26)23(19)28/h10-13H,2-9,14-15H2,1H3. The highest BCUT2D eigenvalue weighted by Gasteiger charge is 2.11. The molecule has 0 aliphatic heterocycles. The molecule has 0 N–H and O–H groups in total. The summed E-state index contributed by atoms with van der Waals surface area (Å²) in [6.07, 6.45) is 10.4. The summed E-state index contributed by atoms with van der Waals surface area (Å²) >= 11 is 17.9. The molecule has 0 fully saturated rings. The van der Waals surface area contributed by atoms with Crippen LogP contribution in [0, 0.1) is 0 Å². The number of hydrogen-bond donors (Lipinski definition) is 0. The first-order valence-corrected chi connectivity index (χ1v) is 14.3. The quantitative estimate of drug-likeness (QED) is 0.151. The van der Waals surface area contributed by atoms with Crippen molar-refractivity contribution in [1.29, 1.82) is 0 Å². The van der Waals surface area contributed by atoms with E-state index >= 15 is 0 Å². The van der Waals surface area contributed by atoms with Crippen molar-refractivity contribution in [3.63, 3.8) is 0 Å². The molecule has 0 bridgehead atoms. The van der Waals surface area contributed by atoms with Gasteiger partial charge in [-0.15, -0.1) is 0 Å². The molecular weight excluding hydrogens is 708 g/mol. The third-order valence-corrected chi connectivity index (χ3v) is 10.3. The van der Waals surface area contributed by atoms with E-state index < -0.39 is 0 Å². The number of halogens is 5. The maximum atomic E-state index is 5.93. The Hall–Kier alpha value is 0.440. The van der Waals surface area contributed by atoms with Gasteiger partial charge in [0.1, 0.15) is 24.7 Å². The van der Waals surface area contributed by atoms with Gasteiger partial charge in [0.2, 0.25) is 0 Å². The van der Waals surface area contributed by atoms with E-state index in [-0.39, 0.29) is 0 Å². The Balaban J connectivity index is 1.78. The zero-order valence-electron chi connectivity index (χ0n) is 17.1. The fourth-order valence-corrected chi connectivity index (χ4v) is 5.48. The first-order valence-electron chi connectivity index (χ1n) is 10.3. The molecule has 0 aliphatic rings. The van der Waals surface area contributed by atoms with Gasteiger partial charge in [0.25, 0.3) is 0 Å². The predicted octanol–water partition coefficient (Wildman–Crippen LogP) is 10.2. The summed E-state index contributed by atoms with van der Waals surface area (Å²) < 4.78 is 16.6. The average molecular weight is 735 g/mol. The van der Waals surface area contributed by atoms with Crippen LogP contribution in [0.5, 0.6) is 11.5 Å².